The first-order chi connectivity index (χ1) is 11.4. The van der Waals surface area contributed by atoms with Crippen molar-refractivity contribution in [2.75, 3.05) is 26.7 Å². The number of carboxylic acid groups (broad SMARTS) is 1. The summed E-state index contributed by atoms with van der Waals surface area (Å²) in [6.07, 6.45) is 1.09. The van der Waals surface area contributed by atoms with E-state index >= 15 is 0 Å². The van der Waals surface area contributed by atoms with Crippen LogP contribution in [0.25, 0.3) is 0 Å². The van der Waals surface area contributed by atoms with E-state index in [1.165, 1.54) is 12.0 Å². The van der Waals surface area contributed by atoms with E-state index in [2.05, 4.69) is 10.1 Å². The van der Waals surface area contributed by atoms with Crippen molar-refractivity contribution < 1.29 is 24.2 Å². The molecule has 0 aromatic heterocycles. The highest BCUT2D eigenvalue weighted by Gasteiger charge is 2.42. The second-order valence-corrected chi connectivity index (χ2v) is 6.21. The van der Waals surface area contributed by atoms with Gasteiger partial charge in [0.05, 0.1) is 18.1 Å². The predicted molar refractivity (Wildman–Crippen MR) is 86.8 cm³/mol. The normalized spacial score (nSPS) is 19.8. The molecule has 0 bridgehead atoms. The Morgan fingerprint density at radius 2 is 1.96 bits per heavy atom. The molecule has 1 aliphatic heterocycles. The summed E-state index contributed by atoms with van der Waals surface area (Å²) >= 11 is 0. The van der Waals surface area contributed by atoms with E-state index in [0.29, 0.717) is 31.5 Å². The quantitative estimate of drug-likeness (QED) is 0.796. The van der Waals surface area contributed by atoms with Crippen LogP contribution < -0.4 is 5.32 Å². The number of amides is 2. The summed E-state index contributed by atoms with van der Waals surface area (Å²) in [6.45, 7) is 2.77. The first-order valence-electron chi connectivity index (χ1n) is 7.79. The predicted octanol–water partition coefficient (Wildman–Crippen LogP) is 1.52. The average molecular weight is 334 g/mol. The fourth-order valence-corrected chi connectivity index (χ4v) is 2.66. The highest BCUT2D eigenvalue weighted by atomic mass is 16.5. The third-order valence-corrected chi connectivity index (χ3v) is 4.34. The number of urea groups is 1. The lowest BCUT2D eigenvalue weighted by molar-refractivity contribution is -0.147. The topological polar surface area (TPSA) is 95.9 Å². The summed E-state index contributed by atoms with van der Waals surface area (Å²) in [5, 5.41) is 12.0. The Morgan fingerprint density at radius 3 is 2.50 bits per heavy atom. The Morgan fingerprint density at radius 1 is 1.29 bits per heavy atom. The highest BCUT2D eigenvalue weighted by molar-refractivity contribution is 5.89. The van der Waals surface area contributed by atoms with Crippen LogP contribution in [0.1, 0.15) is 29.3 Å². The number of hydrogen-bond donors (Lipinski definition) is 2. The Balaban J connectivity index is 1.79. The number of aliphatic carboxylic acids is 1. The lowest BCUT2D eigenvalue weighted by Crippen LogP contribution is -2.41. The molecule has 1 fully saturated rings. The van der Waals surface area contributed by atoms with Crippen LogP contribution in [0.3, 0.4) is 0 Å². The van der Waals surface area contributed by atoms with Gasteiger partial charge in [0.1, 0.15) is 0 Å². The zero-order valence-electron chi connectivity index (χ0n) is 13.9. The van der Waals surface area contributed by atoms with Gasteiger partial charge in [0.15, 0.2) is 0 Å². The summed E-state index contributed by atoms with van der Waals surface area (Å²) in [5.41, 5.74) is 0.608. The van der Waals surface area contributed by atoms with Crippen molar-refractivity contribution in [3.63, 3.8) is 0 Å². The van der Waals surface area contributed by atoms with Gasteiger partial charge in [0.25, 0.3) is 0 Å². The molecular formula is C17H22N2O5. The van der Waals surface area contributed by atoms with Crippen molar-refractivity contribution in [3.05, 3.63) is 35.4 Å². The van der Waals surface area contributed by atoms with Gasteiger partial charge in [0.2, 0.25) is 0 Å². The standard InChI is InChI=1S/C17H22N2O5/c1-17(15(21)22)8-10-19(11-17)16(23)18-9-7-12-3-5-13(6-4-12)14(20)24-2/h3-6H,7-11H2,1-2H3,(H,18,23)(H,21,22). The molecule has 7 heteroatoms. The van der Waals surface area contributed by atoms with Crippen LogP contribution in [0.5, 0.6) is 0 Å². The Kier molecular flexibility index (Phi) is 5.43. The molecule has 1 aromatic carbocycles. The van der Waals surface area contributed by atoms with E-state index in [4.69, 9.17) is 0 Å². The van der Waals surface area contributed by atoms with E-state index < -0.39 is 11.4 Å². The number of esters is 1. The molecule has 1 heterocycles. The maximum atomic E-state index is 12.1. The second kappa shape index (κ2) is 7.33. The van der Waals surface area contributed by atoms with Gasteiger partial charge in [-0.1, -0.05) is 12.1 Å². The van der Waals surface area contributed by atoms with Crippen LogP contribution in [0.15, 0.2) is 24.3 Å². The summed E-state index contributed by atoms with van der Waals surface area (Å²) in [4.78, 5) is 36.2. The molecule has 1 aliphatic rings. The highest BCUT2D eigenvalue weighted by Crippen LogP contribution is 2.29. The fourth-order valence-electron chi connectivity index (χ4n) is 2.66. The molecule has 2 amide bonds. The van der Waals surface area contributed by atoms with Gasteiger partial charge in [-0.25, -0.2) is 9.59 Å². The number of methoxy groups -OCH3 is 1. The van der Waals surface area contributed by atoms with Gasteiger partial charge >= 0.3 is 18.0 Å². The molecular weight excluding hydrogens is 312 g/mol. The number of benzene rings is 1. The van der Waals surface area contributed by atoms with Gasteiger partial charge in [-0.2, -0.15) is 0 Å². The Bertz CT molecular complexity index is 628. The van der Waals surface area contributed by atoms with Crippen LogP contribution in [0, 0.1) is 5.41 Å². The Hall–Kier alpha value is -2.57. The molecule has 1 unspecified atom stereocenters. The zero-order valence-corrected chi connectivity index (χ0v) is 13.9. The molecule has 2 rings (SSSR count). The van der Waals surface area contributed by atoms with Crippen LogP contribution in [0.2, 0.25) is 0 Å². The van der Waals surface area contributed by atoms with Gasteiger partial charge in [-0.3, -0.25) is 4.79 Å². The fraction of sp³-hybridized carbons (Fsp3) is 0.471. The molecule has 0 aliphatic carbocycles. The minimum Gasteiger partial charge on any atom is -0.481 e. The average Bonchev–Trinajstić information content (AvgIpc) is 2.98. The van der Waals surface area contributed by atoms with Crippen molar-refractivity contribution >= 4 is 18.0 Å². The SMILES string of the molecule is COC(=O)c1ccc(CCNC(=O)N2CCC(C)(C(=O)O)C2)cc1. The van der Waals surface area contributed by atoms with Crippen LogP contribution in [0.4, 0.5) is 4.79 Å². The van der Waals surface area contributed by atoms with Gasteiger partial charge in [0, 0.05) is 19.6 Å². The van der Waals surface area contributed by atoms with E-state index in [9.17, 15) is 19.5 Å². The lowest BCUT2D eigenvalue weighted by atomic mass is 9.90. The number of hydrogen-bond acceptors (Lipinski definition) is 4. The third-order valence-electron chi connectivity index (χ3n) is 4.34. The molecule has 1 saturated heterocycles. The zero-order chi connectivity index (χ0) is 17.7. The first kappa shape index (κ1) is 17.8. The lowest BCUT2D eigenvalue weighted by Gasteiger charge is -2.20. The minimum atomic E-state index is -0.872. The third kappa shape index (κ3) is 4.04. The number of likely N-dealkylation sites (tertiary alicyclic amines) is 1. The monoisotopic (exact) mass is 334 g/mol. The largest absolute Gasteiger partial charge is 0.481 e. The van der Waals surface area contributed by atoms with E-state index in [-0.39, 0.29) is 18.5 Å². The maximum absolute atomic E-state index is 12.1. The van der Waals surface area contributed by atoms with Crippen molar-refractivity contribution in [3.8, 4) is 0 Å². The first-order valence-corrected chi connectivity index (χ1v) is 7.79. The van der Waals surface area contributed by atoms with E-state index in [1.54, 1.807) is 19.1 Å². The number of ether oxygens (including phenoxy) is 1. The van der Waals surface area contributed by atoms with Crippen molar-refractivity contribution in [1.82, 2.24) is 10.2 Å². The molecule has 0 spiro atoms. The summed E-state index contributed by atoms with van der Waals surface area (Å²) in [7, 11) is 1.33. The van der Waals surface area contributed by atoms with Gasteiger partial charge in [-0.15, -0.1) is 0 Å². The molecule has 24 heavy (non-hydrogen) atoms. The van der Waals surface area contributed by atoms with Gasteiger partial charge in [-0.05, 0) is 37.5 Å². The van der Waals surface area contributed by atoms with E-state index in [1.807, 2.05) is 12.1 Å². The van der Waals surface area contributed by atoms with E-state index in [0.717, 1.165) is 5.56 Å². The van der Waals surface area contributed by atoms with Crippen molar-refractivity contribution in [2.45, 2.75) is 19.8 Å². The van der Waals surface area contributed by atoms with Crippen LogP contribution in [-0.4, -0.2) is 54.7 Å². The number of carboxylic acids is 1. The molecule has 7 nitrogen and oxygen atoms in total. The second-order valence-electron chi connectivity index (χ2n) is 6.21. The van der Waals surface area contributed by atoms with Crippen LogP contribution >= 0.6 is 0 Å². The summed E-state index contributed by atoms with van der Waals surface area (Å²) < 4.78 is 4.64. The smallest absolute Gasteiger partial charge is 0.337 e. The molecule has 1 aromatic rings. The number of nitrogens with zero attached hydrogens (tertiary/aromatic N) is 1. The molecule has 1 atom stereocenters. The van der Waals surface area contributed by atoms with Crippen molar-refractivity contribution in [1.29, 1.82) is 0 Å². The maximum Gasteiger partial charge on any atom is 0.337 e. The Labute approximate surface area is 140 Å². The number of rotatable bonds is 5. The number of nitrogens with one attached hydrogen (secondary N) is 1. The van der Waals surface area contributed by atoms with Crippen molar-refractivity contribution in [2.24, 2.45) is 5.41 Å². The number of carbonyl (C=O) groups is 3. The molecule has 0 saturated carbocycles. The minimum absolute atomic E-state index is 0.224. The van der Waals surface area contributed by atoms with Crippen LogP contribution in [-0.2, 0) is 16.0 Å². The van der Waals surface area contributed by atoms with Gasteiger partial charge < -0.3 is 20.1 Å². The molecule has 130 valence electrons. The summed E-state index contributed by atoms with van der Waals surface area (Å²) in [6, 6.07) is 6.75. The number of carbonyl (C=O) groups excluding carboxylic acids is 2. The molecule has 0 radical (unpaired) electrons. The summed E-state index contributed by atoms with van der Waals surface area (Å²) in [5.74, 6) is -1.26. The molecule has 2 N–H and O–H groups in total.